The Balaban J connectivity index is 1.63. The second kappa shape index (κ2) is 8.15. The lowest BCUT2D eigenvalue weighted by Crippen LogP contribution is -2.24. The molecule has 2 aromatic carbocycles. The van der Waals surface area contributed by atoms with Crippen molar-refractivity contribution in [1.29, 1.82) is 0 Å². The number of amides is 1. The highest BCUT2D eigenvalue weighted by Gasteiger charge is 2.15. The van der Waals surface area contributed by atoms with Crippen LogP contribution in [0, 0.1) is 5.82 Å². The summed E-state index contributed by atoms with van der Waals surface area (Å²) in [6.07, 6.45) is 1.51. The molecule has 140 valence electrons. The number of nitrogens with one attached hydrogen (secondary N) is 2. The second-order valence-electron chi connectivity index (χ2n) is 5.70. The molecule has 0 saturated heterocycles. The highest BCUT2D eigenvalue weighted by molar-refractivity contribution is 7.89. The fourth-order valence-electron chi connectivity index (χ4n) is 2.37. The summed E-state index contributed by atoms with van der Waals surface area (Å²) in [6.45, 7) is 0.0659. The molecule has 3 aromatic rings. The van der Waals surface area contributed by atoms with E-state index in [-0.39, 0.29) is 29.5 Å². The summed E-state index contributed by atoms with van der Waals surface area (Å²) in [5.41, 5.74) is 0.560. The molecule has 0 atom stereocenters. The van der Waals surface area contributed by atoms with Crippen LogP contribution < -0.4 is 10.0 Å². The number of carbonyl (C=O) groups excluding carboxylic acids is 1. The number of rotatable bonds is 7. The minimum Gasteiger partial charge on any atom is -0.467 e. The number of hydrogen-bond acceptors (Lipinski definition) is 4. The Hall–Kier alpha value is -2.97. The molecule has 0 bridgehead atoms. The Labute approximate surface area is 156 Å². The summed E-state index contributed by atoms with van der Waals surface area (Å²) in [5, 5.41) is 2.67. The van der Waals surface area contributed by atoms with Gasteiger partial charge >= 0.3 is 0 Å². The Morgan fingerprint density at radius 3 is 2.37 bits per heavy atom. The average molecular weight is 388 g/mol. The zero-order valence-electron chi connectivity index (χ0n) is 14.2. The van der Waals surface area contributed by atoms with Crippen molar-refractivity contribution in [3.8, 4) is 0 Å². The molecule has 0 aliphatic carbocycles. The van der Waals surface area contributed by atoms with Crippen molar-refractivity contribution in [1.82, 2.24) is 10.0 Å². The summed E-state index contributed by atoms with van der Waals surface area (Å²) in [7, 11) is -3.83. The number of benzene rings is 2. The van der Waals surface area contributed by atoms with Crippen molar-refractivity contribution in [3.63, 3.8) is 0 Å². The van der Waals surface area contributed by atoms with Crippen molar-refractivity contribution in [2.45, 2.75) is 18.0 Å². The molecular weight excluding hydrogens is 371 g/mol. The van der Waals surface area contributed by atoms with Gasteiger partial charge in [-0.1, -0.05) is 18.2 Å². The number of carbonyl (C=O) groups is 1. The van der Waals surface area contributed by atoms with E-state index in [1.807, 2.05) is 0 Å². The SMILES string of the molecule is O=C(NCc1ccco1)c1ccc(S(=O)(=O)NCc2ccccc2F)cc1. The molecule has 0 aliphatic heterocycles. The predicted octanol–water partition coefficient (Wildman–Crippen LogP) is 2.83. The van der Waals surface area contributed by atoms with Crippen LogP contribution in [0.3, 0.4) is 0 Å². The molecule has 8 heteroatoms. The third-order valence-corrected chi connectivity index (χ3v) is 5.26. The molecule has 0 saturated carbocycles. The normalized spacial score (nSPS) is 11.3. The molecule has 1 amide bonds. The van der Waals surface area contributed by atoms with Crippen molar-refractivity contribution in [2.24, 2.45) is 0 Å². The monoisotopic (exact) mass is 388 g/mol. The maximum absolute atomic E-state index is 13.6. The molecule has 1 heterocycles. The minimum absolute atomic E-state index is 0.0126. The Morgan fingerprint density at radius 1 is 0.963 bits per heavy atom. The molecule has 0 spiro atoms. The fourth-order valence-corrected chi connectivity index (χ4v) is 3.37. The van der Waals surface area contributed by atoms with Crippen LogP contribution in [-0.2, 0) is 23.1 Å². The largest absolute Gasteiger partial charge is 0.467 e. The van der Waals surface area contributed by atoms with Crippen molar-refractivity contribution < 1.29 is 22.0 Å². The van der Waals surface area contributed by atoms with Gasteiger partial charge in [0.1, 0.15) is 11.6 Å². The van der Waals surface area contributed by atoms with Crippen LogP contribution >= 0.6 is 0 Å². The Morgan fingerprint density at radius 2 is 1.70 bits per heavy atom. The van der Waals surface area contributed by atoms with Crippen molar-refractivity contribution in [2.75, 3.05) is 0 Å². The van der Waals surface area contributed by atoms with Crippen molar-refractivity contribution >= 4 is 15.9 Å². The van der Waals surface area contributed by atoms with Crippen LogP contribution in [0.4, 0.5) is 4.39 Å². The first-order valence-electron chi connectivity index (χ1n) is 8.09. The van der Waals surface area contributed by atoms with Crippen LogP contribution in [-0.4, -0.2) is 14.3 Å². The van der Waals surface area contributed by atoms with E-state index in [9.17, 15) is 17.6 Å². The second-order valence-corrected chi connectivity index (χ2v) is 7.47. The molecule has 1 aromatic heterocycles. The zero-order valence-corrected chi connectivity index (χ0v) is 15.0. The molecule has 0 unspecified atom stereocenters. The molecule has 3 rings (SSSR count). The Kier molecular flexibility index (Phi) is 5.68. The van der Waals surface area contributed by atoms with Crippen LogP contribution in [0.5, 0.6) is 0 Å². The first-order valence-corrected chi connectivity index (χ1v) is 9.58. The third kappa shape index (κ3) is 4.81. The zero-order chi connectivity index (χ0) is 19.3. The lowest BCUT2D eigenvalue weighted by Gasteiger charge is -2.09. The molecule has 6 nitrogen and oxygen atoms in total. The topological polar surface area (TPSA) is 88.4 Å². The predicted molar refractivity (Wildman–Crippen MR) is 96.7 cm³/mol. The van der Waals surface area contributed by atoms with E-state index in [4.69, 9.17) is 4.42 Å². The summed E-state index contributed by atoms with van der Waals surface area (Å²) in [6, 6.07) is 14.9. The van der Waals surface area contributed by atoms with E-state index in [1.54, 1.807) is 18.2 Å². The van der Waals surface area contributed by atoms with Crippen LogP contribution in [0.15, 0.2) is 76.2 Å². The maximum Gasteiger partial charge on any atom is 0.251 e. The van der Waals surface area contributed by atoms with Crippen LogP contribution in [0.2, 0.25) is 0 Å². The molecule has 0 radical (unpaired) electrons. The lowest BCUT2D eigenvalue weighted by molar-refractivity contribution is 0.0948. The van der Waals surface area contributed by atoms with E-state index in [0.29, 0.717) is 11.3 Å². The first kappa shape index (κ1) is 18.8. The van der Waals surface area contributed by atoms with Gasteiger partial charge in [-0.3, -0.25) is 4.79 Å². The molecule has 0 aliphatic rings. The molecule has 0 fully saturated rings. The first-order chi connectivity index (χ1) is 13.0. The van der Waals surface area contributed by atoms with Crippen LogP contribution in [0.1, 0.15) is 21.7 Å². The summed E-state index contributed by atoms with van der Waals surface area (Å²) >= 11 is 0. The van der Waals surface area contributed by atoms with E-state index in [2.05, 4.69) is 10.0 Å². The highest BCUT2D eigenvalue weighted by Crippen LogP contribution is 2.13. The van der Waals surface area contributed by atoms with Gasteiger partial charge in [0.25, 0.3) is 5.91 Å². The summed E-state index contributed by atoms with van der Waals surface area (Å²) in [5.74, 6) is -0.224. The molecular formula is C19H17FN2O4S. The van der Waals surface area contributed by atoms with E-state index >= 15 is 0 Å². The summed E-state index contributed by atoms with van der Waals surface area (Å²) < 4.78 is 45.7. The van der Waals surface area contributed by atoms with Gasteiger partial charge in [0.2, 0.25) is 10.0 Å². The van der Waals surface area contributed by atoms with Gasteiger partial charge in [-0.15, -0.1) is 0 Å². The number of sulfonamides is 1. The molecule has 27 heavy (non-hydrogen) atoms. The Bertz CT molecular complexity index is 1020. The fraction of sp³-hybridized carbons (Fsp3) is 0.105. The quantitative estimate of drug-likeness (QED) is 0.651. The smallest absolute Gasteiger partial charge is 0.251 e. The summed E-state index contributed by atoms with van der Waals surface area (Å²) in [4.78, 5) is 12.1. The number of halogens is 1. The minimum atomic E-state index is -3.83. The lowest BCUT2D eigenvalue weighted by atomic mass is 10.2. The number of furan rings is 1. The van der Waals surface area contributed by atoms with Gasteiger partial charge in [-0.25, -0.2) is 17.5 Å². The van der Waals surface area contributed by atoms with Gasteiger partial charge in [0, 0.05) is 17.7 Å². The van der Waals surface area contributed by atoms with Crippen molar-refractivity contribution in [3.05, 3.63) is 89.6 Å². The van der Waals surface area contributed by atoms with Gasteiger partial charge in [0.05, 0.1) is 17.7 Å². The van der Waals surface area contributed by atoms with Gasteiger partial charge < -0.3 is 9.73 Å². The highest BCUT2D eigenvalue weighted by atomic mass is 32.2. The van der Waals surface area contributed by atoms with Gasteiger partial charge in [0.15, 0.2) is 0 Å². The number of hydrogen-bond donors (Lipinski definition) is 2. The average Bonchev–Trinajstić information content (AvgIpc) is 3.19. The van der Waals surface area contributed by atoms with E-state index in [1.165, 1.54) is 48.7 Å². The maximum atomic E-state index is 13.6. The third-order valence-electron chi connectivity index (χ3n) is 3.84. The van der Waals surface area contributed by atoms with E-state index < -0.39 is 15.8 Å². The van der Waals surface area contributed by atoms with Crippen LogP contribution in [0.25, 0.3) is 0 Å². The standard InChI is InChI=1S/C19H17FN2O4S/c20-18-6-2-1-4-15(18)12-22-27(24,25)17-9-7-14(8-10-17)19(23)21-13-16-5-3-11-26-16/h1-11,22H,12-13H2,(H,21,23). The van der Waals surface area contributed by atoms with Gasteiger partial charge in [-0.05, 0) is 42.5 Å². The van der Waals surface area contributed by atoms with Gasteiger partial charge in [-0.2, -0.15) is 0 Å². The van der Waals surface area contributed by atoms with E-state index in [0.717, 1.165) is 0 Å². The molecule has 2 N–H and O–H groups in total.